The molecule has 4 heterocycles. The van der Waals surface area contributed by atoms with Gasteiger partial charge in [0.25, 0.3) is 0 Å². The van der Waals surface area contributed by atoms with Crippen molar-refractivity contribution < 1.29 is 43.7 Å². The Morgan fingerprint density at radius 3 is 2.38 bits per heavy atom. The van der Waals surface area contributed by atoms with Crippen LogP contribution in [0.3, 0.4) is 0 Å². The summed E-state index contributed by atoms with van der Waals surface area (Å²) < 4.78 is 30.8. The first-order valence-electron chi connectivity index (χ1n) is 14.4. The largest absolute Gasteiger partial charge is 0.391 e. The molecule has 0 amide bonds. The molecular formula is C28H50O9. The van der Waals surface area contributed by atoms with Crippen molar-refractivity contribution in [2.45, 2.75) is 147 Å². The summed E-state index contributed by atoms with van der Waals surface area (Å²) in [5.41, 5.74) is 0. The number of hydrogen-bond donors (Lipinski definition) is 2. The second kappa shape index (κ2) is 12.9. The third kappa shape index (κ3) is 6.69. The van der Waals surface area contributed by atoms with Gasteiger partial charge in [0.15, 0.2) is 0 Å². The summed E-state index contributed by atoms with van der Waals surface area (Å²) in [7, 11) is 1.73. The summed E-state index contributed by atoms with van der Waals surface area (Å²) in [5, 5.41) is 21.3. The summed E-state index contributed by atoms with van der Waals surface area (Å²) in [6.07, 6.45) is 0.648. The standard InChI is InChI=1S/C28H50O9/c1-8-15(4)25(30)22(36-37-24-9-18(29)13-32-26(24)14(2)3)11-19-10-20-21(34-19)12-23-28(35-20)16(5)27(31-7)17(6)33-23/h14-30H,8-13H2,1-7H3/t15-,16+,17-,18+,19+,20+,21+,22?,23-,24?,25?,26?,27?,28-/m0/s1. The van der Waals surface area contributed by atoms with E-state index < -0.39 is 24.4 Å². The zero-order valence-corrected chi connectivity index (χ0v) is 23.7. The second-order valence-electron chi connectivity index (χ2n) is 12.2. The summed E-state index contributed by atoms with van der Waals surface area (Å²) >= 11 is 0. The topological polar surface area (TPSA) is 105 Å². The predicted molar refractivity (Wildman–Crippen MR) is 136 cm³/mol. The Labute approximate surface area is 222 Å². The lowest BCUT2D eigenvalue weighted by molar-refractivity contribution is -0.390. The van der Waals surface area contributed by atoms with Crippen LogP contribution in [-0.4, -0.2) is 97.2 Å². The summed E-state index contributed by atoms with van der Waals surface area (Å²) in [5.74, 6) is 0.482. The minimum absolute atomic E-state index is 0.00785. The molecular weight excluding hydrogens is 480 g/mol. The quantitative estimate of drug-likeness (QED) is 0.326. The minimum atomic E-state index is -0.710. The molecule has 0 aromatic carbocycles. The highest BCUT2D eigenvalue weighted by atomic mass is 17.2. The van der Waals surface area contributed by atoms with E-state index in [2.05, 4.69) is 34.6 Å². The van der Waals surface area contributed by atoms with Crippen molar-refractivity contribution in [3.05, 3.63) is 0 Å². The molecule has 4 rings (SSSR count). The Hall–Kier alpha value is -0.360. The van der Waals surface area contributed by atoms with Crippen LogP contribution < -0.4 is 0 Å². The maximum atomic E-state index is 11.1. The van der Waals surface area contributed by atoms with Crippen LogP contribution in [0.5, 0.6) is 0 Å². The molecule has 4 saturated heterocycles. The van der Waals surface area contributed by atoms with Crippen molar-refractivity contribution in [2.75, 3.05) is 13.7 Å². The number of aliphatic hydroxyl groups is 2. The van der Waals surface area contributed by atoms with Gasteiger partial charge in [0.1, 0.15) is 12.2 Å². The molecule has 2 N–H and O–H groups in total. The minimum Gasteiger partial charge on any atom is -0.391 e. The average molecular weight is 531 g/mol. The van der Waals surface area contributed by atoms with Crippen molar-refractivity contribution >= 4 is 0 Å². The van der Waals surface area contributed by atoms with E-state index in [1.807, 2.05) is 6.92 Å². The van der Waals surface area contributed by atoms with Gasteiger partial charge in [-0.25, -0.2) is 9.78 Å². The van der Waals surface area contributed by atoms with Gasteiger partial charge >= 0.3 is 0 Å². The molecule has 5 unspecified atom stereocenters. The van der Waals surface area contributed by atoms with Gasteiger partial charge in [-0.2, -0.15) is 0 Å². The highest BCUT2D eigenvalue weighted by Gasteiger charge is 2.52. The predicted octanol–water partition coefficient (Wildman–Crippen LogP) is 3.03. The molecule has 37 heavy (non-hydrogen) atoms. The number of methoxy groups -OCH3 is 1. The maximum absolute atomic E-state index is 11.1. The average Bonchev–Trinajstić information content (AvgIpc) is 3.25. The fourth-order valence-electron chi connectivity index (χ4n) is 6.69. The molecule has 4 aliphatic heterocycles. The third-order valence-electron chi connectivity index (χ3n) is 9.02. The van der Waals surface area contributed by atoms with Crippen molar-refractivity contribution in [2.24, 2.45) is 17.8 Å². The molecule has 0 aromatic rings. The molecule has 0 radical (unpaired) electrons. The molecule has 14 atom stereocenters. The van der Waals surface area contributed by atoms with Crippen LogP contribution in [-0.2, 0) is 33.5 Å². The number of fused-ring (bicyclic) bond motifs is 2. The third-order valence-corrected chi connectivity index (χ3v) is 9.02. The van der Waals surface area contributed by atoms with E-state index in [9.17, 15) is 10.2 Å². The zero-order chi connectivity index (χ0) is 26.9. The van der Waals surface area contributed by atoms with E-state index in [1.54, 1.807) is 7.11 Å². The number of rotatable bonds is 10. The molecule has 0 saturated carbocycles. The lowest BCUT2D eigenvalue weighted by Gasteiger charge is -2.48. The molecule has 4 aliphatic rings. The zero-order valence-electron chi connectivity index (χ0n) is 23.7. The number of hydrogen-bond acceptors (Lipinski definition) is 9. The summed E-state index contributed by atoms with van der Waals surface area (Å²) in [4.78, 5) is 11.9. The Morgan fingerprint density at radius 2 is 1.70 bits per heavy atom. The Morgan fingerprint density at radius 1 is 0.973 bits per heavy atom. The van der Waals surface area contributed by atoms with E-state index in [1.165, 1.54) is 0 Å². The van der Waals surface area contributed by atoms with Crippen LogP contribution in [0.4, 0.5) is 0 Å². The fourth-order valence-corrected chi connectivity index (χ4v) is 6.69. The SMILES string of the molecule is CC[C@H](C)C(O)C(C[C@H]1C[C@H]2O[C@@H]3[C@H](C[C@H]2O1)O[C@@H](C)C(OC)[C@H]3C)OOC1C[C@@H](O)COC1C(C)C. The molecule has 0 aliphatic carbocycles. The van der Waals surface area contributed by atoms with Crippen molar-refractivity contribution in [3.8, 4) is 0 Å². The van der Waals surface area contributed by atoms with Gasteiger partial charge in [0, 0.05) is 38.7 Å². The second-order valence-corrected chi connectivity index (χ2v) is 12.2. The van der Waals surface area contributed by atoms with Crippen LogP contribution in [0.1, 0.15) is 73.6 Å². The molecule has 0 aromatic heterocycles. The van der Waals surface area contributed by atoms with Gasteiger partial charge < -0.3 is 33.9 Å². The lowest BCUT2D eigenvalue weighted by atomic mass is 9.83. The van der Waals surface area contributed by atoms with Crippen molar-refractivity contribution in [1.82, 2.24) is 0 Å². The van der Waals surface area contributed by atoms with Gasteiger partial charge in [0.05, 0.1) is 67.6 Å². The fraction of sp³-hybridized carbons (Fsp3) is 1.00. The van der Waals surface area contributed by atoms with Crippen LogP contribution in [0.15, 0.2) is 0 Å². The van der Waals surface area contributed by atoms with Crippen LogP contribution in [0, 0.1) is 17.8 Å². The first kappa shape index (κ1) is 29.6. The van der Waals surface area contributed by atoms with Gasteiger partial charge in [-0.1, -0.05) is 41.0 Å². The Kier molecular flexibility index (Phi) is 10.3. The van der Waals surface area contributed by atoms with Crippen LogP contribution in [0.2, 0.25) is 0 Å². The van der Waals surface area contributed by atoms with Gasteiger partial charge in [-0.3, -0.25) is 0 Å². The lowest BCUT2D eigenvalue weighted by Crippen LogP contribution is -2.59. The van der Waals surface area contributed by atoms with E-state index in [0.717, 1.165) is 19.3 Å². The highest BCUT2D eigenvalue weighted by molar-refractivity contribution is 4.99. The van der Waals surface area contributed by atoms with Gasteiger partial charge in [-0.05, 0) is 18.8 Å². The maximum Gasteiger partial charge on any atom is 0.122 e. The molecule has 216 valence electrons. The van der Waals surface area contributed by atoms with E-state index in [-0.39, 0.29) is 66.6 Å². The Bertz CT molecular complexity index is 707. The molecule has 0 spiro atoms. The normalized spacial score (nSPS) is 44.8. The summed E-state index contributed by atoms with van der Waals surface area (Å²) in [6.45, 7) is 12.7. The first-order valence-corrected chi connectivity index (χ1v) is 14.4. The molecule has 9 nitrogen and oxygen atoms in total. The van der Waals surface area contributed by atoms with E-state index >= 15 is 0 Å². The molecule has 9 heteroatoms. The number of aliphatic hydroxyl groups excluding tert-OH is 2. The Balaban J connectivity index is 1.39. The highest BCUT2D eigenvalue weighted by Crippen LogP contribution is 2.42. The van der Waals surface area contributed by atoms with E-state index in [0.29, 0.717) is 19.4 Å². The first-order chi connectivity index (χ1) is 17.6. The van der Waals surface area contributed by atoms with Crippen LogP contribution >= 0.6 is 0 Å². The van der Waals surface area contributed by atoms with Gasteiger partial charge in [-0.15, -0.1) is 0 Å². The molecule has 4 fully saturated rings. The van der Waals surface area contributed by atoms with Crippen LogP contribution in [0.25, 0.3) is 0 Å². The smallest absolute Gasteiger partial charge is 0.122 e. The van der Waals surface area contributed by atoms with Crippen molar-refractivity contribution in [1.29, 1.82) is 0 Å². The van der Waals surface area contributed by atoms with E-state index in [4.69, 9.17) is 33.5 Å². The summed E-state index contributed by atoms with van der Waals surface area (Å²) in [6, 6.07) is 0. The molecule has 0 bridgehead atoms. The van der Waals surface area contributed by atoms with Gasteiger partial charge in [0.2, 0.25) is 0 Å². The van der Waals surface area contributed by atoms with Crippen molar-refractivity contribution in [3.63, 3.8) is 0 Å². The number of ether oxygens (including phenoxy) is 5. The monoisotopic (exact) mass is 530 g/mol.